The van der Waals surface area contributed by atoms with Crippen molar-refractivity contribution in [1.82, 2.24) is 14.9 Å². The highest BCUT2D eigenvalue weighted by Crippen LogP contribution is 2.27. The predicted octanol–water partition coefficient (Wildman–Crippen LogP) is 3.64. The molecule has 1 aromatic rings. The van der Waals surface area contributed by atoms with Crippen LogP contribution in [0.3, 0.4) is 0 Å². The summed E-state index contributed by atoms with van der Waals surface area (Å²) < 4.78 is 27.5. The zero-order valence-electron chi connectivity index (χ0n) is 16.5. The van der Waals surface area contributed by atoms with Crippen LogP contribution in [0.4, 0.5) is 0 Å². The number of rotatable bonds is 8. The molecule has 2 N–H and O–H groups in total. The number of piperidine rings is 1. The van der Waals surface area contributed by atoms with Crippen molar-refractivity contribution in [3.05, 3.63) is 17.0 Å². The van der Waals surface area contributed by atoms with Gasteiger partial charge in [-0.15, -0.1) is 35.3 Å². The quantitative estimate of drug-likeness (QED) is 0.307. The van der Waals surface area contributed by atoms with Gasteiger partial charge in [-0.2, -0.15) is 4.31 Å². The topological polar surface area (TPSA) is 73.8 Å². The number of guanidine groups is 1. The fourth-order valence-electron chi connectivity index (χ4n) is 3.03. The molecule has 0 unspecified atom stereocenters. The lowest BCUT2D eigenvalue weighted by Crippen LogP contribution is -2.39. The van der Waals surface area contributed by atoms with Crippen LogP contribution < -0.4 is 10.6 Å². The Balaban J connectivity index is 0.00000364. The van der Waals surface area contributed by atoms with E-state index < -0.39 is 10.0 Å². The molecule has 27 heavy (non-hydrogen) atoms. The van der Waals surface area contributed by atoms with E-state index in [0.29, 0.717) is 29.8 Å². The summed E-state index contributed by atoms with van der Waals surface area (Å²) in [7, 11) is -1.58. The van der Waals surface area contributed by atoms with Crippen molar-refractivity contribution in [2.45, 2.75) is 56.7 Å². The van der Waals surface area contributed by atoms with Crippen molar-refractivity contribution < 1.29 is 8.42 Å². The summed E-state index contributed by atoms with van der Waals surface area (Å²) in [4.78, 5) is 5.24. The van der Waals surface area contributed by atoms with Crippen molar-refractivity contribution in [2.24, 2.45) is 10.9 Å². The summed E-state index contributed by atoms with van der Waals surface area (Å²) in [6, 6.07) is 3.62. The summed E-state index contributed by atoms with van der Waals surface area (Å²) in [5.74, 6) is 1.39. The number of nitrogens with zero attached hydrogens (tertiary/aromatic N) is 2. The largest absolute Gasteiger partial charge is 0.356 e. The van der Waals surface area contributed by atoms with Gasteiger partial charge in [0.1, 0.15) is 4.21 Å². The minimum absolute atomic E-state index is 0. The molecule has 2 heterocycles. The van der Waals surface area contributed by atoms with E-state index in [1.807, 2.05) is 6.07 Å². The number of nitrogens with one attached hydrogen (secondary N) is 2. The van der Waals surface area contributed by atoms with Gasteiger partial charge < -0.3 is 10.6 Å². The van der Waals surface area contributed by atoms with Crippen LogP contribution in [0, 0.1) is 5.92 Å². The smallest absolute Gasteiger partial charge is 0.252 e. The molecule has 6 nitrogen and oxygen atoms in total. The third-order valence-electron chi connectivity index (χ3n) is 4.91. The van der Waals surface area contributed by atoms with Crippen LogP contribution in [-0.2, 0) is 16.6 Å². The van der Waals surface area contributed by atoms with Crippen LogP contribution in [0.25, 0.3) is 0 Å². The monoisotopic (exact) mass is 528 g/mol. The molecule has 0 atom stereocenters. The first-order chi connectivity index (χ1) is 12.5. The number of thiophene rings is 1. The Morgan fingerprint density at radius 2 is 1.85 bits per heavy atom. The number of hydrogen-bond donors (Lipinski definition) is 2. The first-order valence-electron chi connectivity index (χ1n) is 9.54. The Morgan fingerprint density at radius 1 is 1.19 bits per heavy atom. The van der Waals surface area contributed by atoms with E-state index in [2.05, 4.69) is 29.5 Å². The second kappa shape index (κ2) is 12.2. The molecule has 1 aliphatic rings. The molecule has 0 saturated carbocycles. The van der Waals surface area contributed by atoms with E-state index in [-0.39, 0.29) is 24.0 Å². The van der Waals surface area contributed by atoms with Gasteiger partial charge in [0, 0.05) is 31.6 Å². The molecule has 9 heteroatoms. The van der Waals surface area contributed by atoms with E-state index >= 15 is 0 Å². The maximum Gasteiger partial charge on any atom is 0.252 e. The third kappa shape index (κ3) is 7.17. The van der Waals surface area contributed by atoms with Gasteiger partial charge in [-0.1, -0.05) is 33.1 Å². The molecule has 0 aliphatic carbocycles. The summed E-state index contributed by atoms with van der Waals surface area (Å²) in [6.07, 6.45) is 5.32. The highest BCUT2D eigenvalue weighted by molar-refractivity contribution is 14.0. The predicted molar refractivity (Wildman–Crippen MR) is 125 cm³/mol. The van der Waals surface area contributed by atoms with Crippen molar-refractivity contribution in [1.29, 1.82) is 0 Å². The molecule has 2 rings (SSSR count). The minimum atomic E-state index is -3.34. The summed E-state index contributed by atoms with van der Waals surface area (Å²) in [5, 5.41) is 6.62. The van der Waals surface area contributed by atoms with Crippen molar-refractivity contribution in [2.75, 3.05) is 26.7 Å². The zero-order chi connectivity index (χ0) is 19.0. The normalized spacial score (nSPS) is 16.2. The summed E-state index contributed by atoms with van der Waals surface area (Å²) >= 11 is 1.34. The van der Waals surface area contributed by atoms with Crippen LogP contribution >= 0.6 is 35.3 Å². The number of sulfonamides is 1. The Hall–Kier alpha value is -0.390. The molecule has 0 bridgehead atoms. The van der Waals surface area contributed by atoms with Crippen LogP contribution in [0.15, 0.2) is 21.3 Å². The van der Waals surface area contributed by atoms with Crippen molar-refractivity contribution in [3.8, 4) is 0 Å². The molecule has 1 fully saturated rings. The van der Waals surface area contributed by atoms with Crippen LogP contribution in [-0.4, -0.2) is 45.4 Å². The molecule has 0 amide bonds. The lowest BCUT2D eigenvalue weighted by atomic mass is 10.0. The van der Waals surface area contributed by atoms with E-state index in [1.54, 1.807) is 17.4 Å². The SMILES string of the molecule is CCC(CC)CNC(=NC)NCc1ccc(S(=O)(=O)N2CCCCC2)s1.I. The molecular formula is C18H33IN4O2S2. The van der Waals surface area contributed by atoms with Gasteiger partial charge in [0.15, 0.2) is 5.96 Å². The first-order valence-corrected chi connectivity index (χ1v) is 11.8. The van der Waals surface area contributed by atoms with Crippen LogP contribution in [0.5, 0.6) is 0 Å². The molecule has 1 aliphatic heterocycles. The number of hydrogen-bond acceptors (Lipinski definition) is 4. The highest BCUT2D eigenvalue weighted by Gasteiger charge is 2.27. The van der Waals surface area contributed by atoms with Gasteiger partial charge in [0.2, 0.25) is 0 Å². The second-order valence-electron chi connectivity index (χ2n) is 6.67. The maximum absolute atomic E-state index is 12.7. The minimum Gasteiger partial charge on any atom is -0.356 e. The number of aliphatic imine (C=N–C) groups is 1. The fraction of sp³-hybridized carbons (Fsp3) is 0.722. The van der Waals surface area contributed by atoms with Gasteiger partial charge in [0.05, 0.1) is 6.54 Å². The molecule has 0 aromatic carbocycles. The average Bonchev–Trinajstić information content (AvgIpc) is 3.15. The molecule has 1 aromatic heterocycles. The molecule has 0 spiro atoms. The number of halogens is 1. The first kappa shape index (κ1) is 24.6. The molecule has 156 valence electrons. The lowest BCUT2D eigenvalue weighted by Gasteiger charge is -2.25. The van der Waals surface area contributed by atoms with Crippen LogP contribution in [0.1, 0.15) is 50.8 Å². The van der Waals surface area contributed by atoms with Gasteiger partial charge in [-0.3, -0.25) is 4.99 Å². The summed E-state index contributed by atoms with van der Waals surface area (Å²) in [6.45, 7) is 7.14. The third-order valence-corrected chi connectivity index (χ3v) is 8.36. The Kier molecular flexibility index (Phi) is 11.2. The van der Waals surface area contributed by atoms with Gasteiger partial charge in [-0.25, -0.2) is 8.42 Å². The van der Waals surface area contributed by atoms with Crippen LogP contribution in [0.2, 0.25) is 0 Å². The van der Waals surface area contributed by atoms with Crippen molar-refractivity contribution in [3.63, 3.8) is 0 Å². The maximum atomic E-state index is 12.7. The fourth-order valence-corrected chi connectivity index (χ4v) is 6.00. The lowest BCUT2D eigenvalue weighted by molar-refractivity contribution is 0.347. The Morgan fingerprint density at radius 3 is 2.44 bits per heavy atom. The standard InChI is InChI=1S/C18H32N4O2S2.HI/c1-4-15(5-2)13-20-18(19-3)21-14-16-9-10-17(25-16)26(23,24)22-11-7-6-8-12-22;/h9-10,15H,4-8,11-14H2,1-3H3,(H2,19,20,21);1H. The van der Waals surface area contributed by atoms with Crippen molar-refractivity contribution >= 4 is 51.3 Å². The molecule has 0 radical (unpaired) electrons. The second-order valence-corrected chi connectivity index (χ2v) is 10.0. The van der Waals surface area contributed by atoms with Gasteiger partial charge >= 0.3 is 0 Å². The van der Waals surface area contributed by atoms with E-state index in [4.69, 9.17) is 0 Å². The van der Waals surface area contributed by atoms with Gasteiger partial charge in [-0.05, 0) is 30.9 Å². The highest BCUT2D eigenvalue weighted by atomic mass is 127. The zero-order valence-corrected chi connectivity index (χ0v) is 20.5. The van der Waals surface area contributed by atoms with E-state index in [1.165, 1.54) is 11.3 Å². The summed E-state index contributed by atoms with van der Waals surface area (Å²) in [5.41, 5.74) is 0. The molecule has 1 saturated heterocycles. The van der Waals surface area contributed by atoms with E-state index in [9.17, 15) is 8.42 Å². The Labute approximate surface area is 185 Å². The average molecular weight is 529 g/mol. The Bertz CT molecular complexity index is 681. The van der Waals surface area contributed by atoms with Gasteiger partial charge in [0.25, 0.3) is 10.0 Å². The molecular weight excluding hydrogens is 495 g/mol. The van der Waals surface area contributed by atoms with E-state index in [0.717, 1.165) is 49.5 Å².